The molecule has 0 aliphatic carbocycles. The van der Waals surface area contributed by atoms with Crippen molar-refractivity contribution < 1.29 is 27.5 Å². The van der Waals surface area contributed by atoms with E-state index in [0.29, 0.717) is 11.4 Å². The maximum Gasteiger partial charge on any atom is 0.420 e. The number of nitrogens with one attached hydrogen (secondary N) is 1. The molecule has 0 radical (unpaired) electrons. The number of fused-ring (bicyclic) bond motifs is 1. The fraction of sp³-hybridized carbons (Fsp3) is 0.440. The largest absolute Gasteiger partial charge is 0.508 e. The summed E-state index contributed by atoms with van der Waals surface area (Å²) in [6.45, 7) is 8.08. The van der Waals surface area contributed by atoms with E-state index in [2.05, 4.69) is 20.1 Å². The first kappa shape index (κ1) is 26.3. The van der Waals surface area contributed by atoms with Crippen LogP contribution in [-0.2, 0) is 11.0 Å². The second kappa shape index (κ2) is 11.1. The summed E-state index contributed by atoms with van der Waals surface area (Å²) in [5.74, 6) is 0.872. The van der Waals surface area contributed by atoms with E-state index in [1.165, 1.54) is 23.9 Å². The predicted octanol–water partition coefficient (Wildman–Crippen LogP) is 5.02. The third-order valence-electron chi connectivity index (χ3n) is 6.10. The zero-order valence-corrected chi connectivity index (χ0v) is 21.0. The summed E-state index contributed by atoms with van der Waals surface area (Å²) in [6.07, 6.45) is -4.49. The Hall–Kier alpha value is -2.76. The molecule has 36 heavy (non-hydrogen) atoms. The molecule has 1 aliphatic rings. The first-order valence-corrected chi connectivity index (χ1v) is 12.8. The predicted molar refractivity (Wildman–Crippen MR) is 133 cm³/mol. The van der Waals surface area contributed by atoms with Crippen LogP contribution in [0.3, 0.4) is 0 Å². The number of piperazine rings is 1. The number of para-hydroxylation sites is 1. The Bertz CT molecular complexity index is 1210. The molecular formula is C25H29F3N4O3S. The summed E-state index contributed by atoms with van der Waals surface area (Å²) in [5, 5.41) is 12.9. The van der Waals surface area contributed by atoms with Gasteiger partial charge in [0.25, 0.3) is 5.22 Å². The number of hydrogen-bond acceptors (Lipinski definition) is 7. The number of carbonyl (C=O) groups is 1. The van der Waals surface area contributed by atoms with E-state index in [9.17, 15) is 23.1 Å². The van der Waals surface area contributed by atoms with E-state index < -0.39 is 11.7 Å². The number of nitrogens with zero attached hydrogens (tertiary/aromatic N) is 3. The van der Waals surface area contributed by atoms with Crippen molar-refractivity contribution in [3.05, 3.63) is 47.5 Å². The maximum atomic E-state index is 13.2. The molecule has 0 atom stereocenters. The molecule has 1 aliphatic heterocycles. The number of oxazole rings is 1. The van der Waals surface area contributed by atoms with Crippen LogP contribution < -0.4 is 5.32 Å². The highest BCUT2D eigenvalue weighted by Gasteiger charge is 2.34. The lowest BCUT2D eigenvalue weighted by atomic mass is 10.0. The van der Waals surface area contributed by atoms with Gasteiger partial charge in [-0.2, -0.15) is 13.2 Å². The van der Waals surface area contributed by atoms with Crippen molar-refractivity contribution in [1.82, 2.24) is 14.8 Å². The quantitative estimate of drug-likeness (QED) is 0.317. The van der Waals surface area contributed by atoms with Crippen molar-refractivity contribution in [3.63, 3.8) is 0 Å². The molecule has 2 heterocycles. The van der Waals surface area contributed by atoms with Gasteiger partial charge < -0.3 is 14.8 Å². The van der Waals surface area contributed by atoms with E-state index in [1.54, 1.807) is 18.2 Å². The van der Waals surface area contributed by atoms with Crippen LogP contribution in [0, 0.1) is 0 Å². The van der Waals surface area contributed by atoms with Crippen LogP contribution in [0.5, 0.6) is 5.75 Å². The van der Waals surface area contributed by atoms with Crippen LogP contribution in [0.25, 0.3) is 11.1 Å². The SMILES string of the molecule is CC(C)c1cc(O)ccc1NC(=O)CN1CCN(CCSc2nc3cccc(C(F)(F)F)c3o2)CC1. The third-order valence-corrected chi connectivity index (χ3v) is 6.91. The van der Waals surface area contributed by atoms with Crippen molar-refractivity contribution in [3.8, 4) is 5.75 Å². The standard InChI is InChI=1S/C25H29F3N4O3S/c1-16(2)18-14-17(33)6-7-20(18)29-22(34)15-32-10-8-31(9-11-32)12-13-36-24-30-21-5-3-4-19(23(21)35-24)25(26,27)28/h3-7,14,16,33H,8-13,15H2,1-2H3,(H,29,34). The second-order valence-electron chi connectivity index (χ2n) is 9.07. The number of aromatic nitrogens is 1. The minimum Gasteiger partial charge on any atom is -0.508 e. The summed E-state index contributed by atoms with van der Waals surface area (Å²) in [4.78, 5) is 21.1. The molecule has 7 nitrogen and oxygen atoms in total. The minimum atomic E-state index is -4.49. The Morgan fingerprint density at radius 3 is 2.58 bits per heavy atom. The average molecular weight is 523 g/mol. The molecule has 0 saturated carbocycles. The number of alkyl halides is 3. The van der Waals surface area contributed by atoms with Crippen LogP contribution in [-0.4, -0.2) is 70.8 Å². The number of hydrogen-bond donors (Lipinski definition) is 2. The number of aromatic hydroxyl groups is 1. The summed E-state index contributed by atoms with van der Waals surface area (Å²) in [5.41, 5.74) is 0.758. The van der Waals surface area contributed by atoms with Crippen LogP contribution in [0.15, 0.2) is 46.0 Å². The molecule has 1 amide bonds. The Morgan fingerprint density at radius 2 is 1.89 bits per heavy atom. The van der Waals surface area contributed by atoms with Crippen LogP contribution in [0.2, 0.25) is 0 Å². The molecular weight excluding hydrogens is 493 g/mol. The van der Waals surface area contributed by atoms with Gasteiger partial charge in [-0.05, 0) is 41.8 Å². The van der Waals surface area contributed by atoms with Gasteiger partial charge in [0, 0.05) is 44.2 Å². The highest BCUT2D eigenvalue weighted by atomic mass is 32.2. The van der Waals surface area contributed by atoms with E-state index in [-0.39, 0.29) is 40.4 Å². The summed E-state index contributed by atoms with van der Waals surface area (Å²) < 4.78 is 44.9. The number of phenols is 1. The second-order valence-corrected chi connectivity index (χ2v) is 10.1. The van der Waals surface area contributed by atoms with Gasteiger partial charge in [-0.25, -0.2) is 4.98 Å². The van der Waals surface area contributed by atoms with Crippen LogP contribution in [0.4, 0.5) is 18.9 Å². The minimum absolute atomic E-state index is 0.0965. The van der Waals surface area contributed by atoms with Gasteiger partial charge >= 0.3 is 6.18 Å². The Labute approximate surface area is 211 Å². The molecule has 4 rings (SSSR count). The van der Waals surface area contributed by atoms with E-state index in [4.69, 9.17) is 4.42 Å². The number of thioether (sulfide) groups is 1. The Morgan fingerprint density at radius 1 is 1.17 bits per heavy atom. The van der Waals surface area contributed by atoms with Crippen molar-refractivity contribution in [2.24, 2.45) is 0 Å². The number of amides is 1. The molecule has 194 valence electrons. The maximum absolute atomic E-state index is 13.2. The summed E-state index contributed by atoms with van der Waals surface area (Å²) >= 11 is 1.29. The molecule has 1 aromatic heterocycles. The van der Waals surface area contributed by atoms with E-state index in [0.717, 1.165) is 44.4 Å². The molecule has 0 unspecified atom stereocenters. The van der Waals surface area contributed by atoms with Gasteiger partial charge in [-0.15, -0.1) is 0 Å². The van der Waals surface area contributed by atoms with Gasteiger partial charge in [0.2, 0.25) is 5.91 Å². The summed E-state index contributed by atoms with van der Waals surface area (Å²) in [7, 11) is 0. The van der Waals surface area contributed by atoms with E-state index >= 15 is 0 Å². The third kappa shape index (κ3) is 6.51. The topological polar surface area (TPSA) is 81.8 Å². The zero-order valence-electron chi connectivity index (χ0n) is 20.1. The van der Waals surface area contributed by atoms with Gasteiger partial charge in [0.05, 0.1) is 6.54 Å². The molecule has 0 spiro atoms. The smallest absolute Gasteiger partial charge is 0.420 e. The number of carbonyl (C=O) groups excluding carboxylic acids is 1. The van der Waals surface area contributed by atoms with Crippen LogP contribution in [0.1, 0.15) is 30.9 Å². The van der Waals surface area contributed by atoms with Crippen molar-refractivity contribution >= 4 is 34.5 Å². The molecule has 2 N–H and O–H groups in total. The lowest BCUT2D eigenvalue weighted by molar-refractivity contribution is -0.136. The Kier molecular flexibility index (Phi) is 8.11. The highest BCUT2D eigenvalue weighted by Crippen LogP contribution is 2.36. The lowest BCUT2D eigenvalue weighted by Crippen LogP contribution is -2.49. The Balaban J connectivity index is 1.22. The number of anilines is 1. The van der Waals surface area contributed by atoms with Crippen molar-refractivity contribution in [2.45, 2.75) is 31.2 Å². The van der Waals surface area contributed by atoms with Gasteiger partial charge in [-0.1, -0.05) is 31.7 Å². The fourth-order valence-electron chi connectivity index (χ4n) is 4.18. The molecule has 1 fully saturated rings. The van der Waals surface area contributed by atoms with Crippen molar-refractivity contribution in [2.75, 3.05) is 50.3 Å². The number of benzene rings is 2. The number of rotatable bonds is 8. The number of phenolic OH excluding ortho intramolecular Hbond substituents is 1. The molecule has 11 heteroatoms. The normalized spacial score (nSPS) is 15.6. The van der Waals surface area contributed by atoms with Gasteiger partial charge in [0.1, 0.15) is 16.8 Å². The molecule has 3 aromatic rings. The van der Waals surface area contributed by atoms with Gasteiger partial charge in [-0.3, -0.25) is 14.6 Å². The average Bonchev–Trinajstić information content (AvgIpc) is 3.23. The van der Waals surface area contributed by atoms with Crippen molar-refractivity contribution in [1.29, 1.82) is 0 Å². The first-order chi connectivity index (χ1) is 17.1. The summed E-state index contributed by atoms with van der Waals surface area (Å²) in [6, 6.07) is 8.80. The fourth-order valence-corrected chi connectivity index (χ4v) is 5.01. The number of halogens is 3. The molecule has 1 saturated heterocycles. The first-order valence-electron chi connectivity index (χ1n) is 11.8. The van der Waals surface area contributed by atoms with E-state index in [1.807, 2.05) is 13.8 Å². The molecule has 0 bridgehead atoms. The van der Waals surface area contributed by atoms with Crippen LogP contribution >= 0.6 is 11.8 Å². The highest BCUT2D eigenvalue weighted by molar-refractivity contribution is 7.99. The monoisotopic (exact) mass is 522 g/mol. The lowest BCUT2D eigenvalue weighted by Gasteiger charge is -2.34. The zero-order chi connectivity index (χ0) is 25.9. The molecule has 2 aromatic carbocycles. The van der Waals surface area contributed by atoms with Gasteiger partial charge in [0.15, 0.2) is 5.58 Å².